The fraction of sp³-hybridized carbons (Fsp3) is 0.357. The van der Waals surface area contributed by atoms with E-state index in [9.17, 15) is 18.0 Å². The molecule has 1 aromatic heterocycles. The molecule has 130 valence electrons. The third-order valence-electron chi connectivity index (χ3n) is 2.55. The highest BCUT2D eigenvalue weighted by molar-refractivity contribution is 8.01. The number of alkyl halides is 3. The Kier molecular flexibility index (Phi) is 6.05. The lowest BCUT2D eigenvalue weighted by Gasteiger charge is -2.08. The number of anilines is 1. The Hall–Kier alpha value is -1.81. The molecule has 1 aromatic carbocycles. The second kappa shape index (κ2) is 7.84. The molecule has 1 amide bonds. The normalized spacial score (nSPS) is 11.6. The van der Waals surface area contributed by atoms with Crippen molar-refractivity contribution in [3.8, 4) is 5.19 Å². The van der Waals surface area contributed by atoms with E-state index in [0.29, 0.717) is 15.2 Å². The maximum absolute atomic E-state index is 12.5. The highest BCUT2D eigenvalue weighted by Gasteiger charge is 2.29. The number of ether oxygens (including phenoxy) is 1. The maximum Gasteiger partial charge on any atom is 0.416 e. The van der Waals surface area contributed by atoms with Gasteiger partial charge in [0.2, 0.25) is 5.91 Å². The monoisotopic (exact) mass is 377 g/mol. The van der Waals surface area contributed by atoms with Crippen molar-refractivity contribution in [2.24, 2.45) is 0 Å². The molecule has 0 saturated carbocycles. The van der Waals surface area contributed by atoms with Crippen molar-refractivity contribution in [2.75, 3.05) is 11.1 Å². The topological polar surface area (TPSA) is 64.1 Å². The van der Waals surface area contributed by atoms with E-state index in [1.165, 1.54) is 35.2 Å². The van der Waals surface area contributed by atoms with Gasteiger partial charge < -0.3 is 10.1 Å². The molecule has 0 aliphatic heterocycles. The van der Waals surface area contributed by atoms with Gasteiger partial charge in [0, 0.05) is 5.69 Å². The number of aromatic nitrogens is 2. The molecule has 0 unspecified atom stereocenters. The number of thioether (sulfide) groups is 1. The number of amides is 1. The van der Waals surface area contributed by atoms with Gasteiger partial charge in [-0.1, -0.05) is 16.9 Å². The van der Waals surface area contributed by atoms with E-state index in [2.05, 4.69) is 15.5 Å². The minimum atomic E-state index is -4.40. The SMILES string of the molecule is CC(C)Oc1nnc(SCC(=O)Nc2ccc(C(F)(F)F)cc2)s1. The summed E-state index contributed by atoms with van der Waals surface area (Å²) >= 11 is 2.40. The smallest absolute Gasteiger partial charge is 0.416 e. The van der Waals surface area contributed by atoms with Gasteiger partial charge in [-0.2, -0.15) is 13.2 Å². The standard InChI is InChI=1S/C14H14F3N3O2S2/c1-8(2)22-12-19-20-13(24-12)23-7-11(21)18-10-5-3-9(4-6-10)14(15,16)17/h3-6,8H,7H2,1-2H3,(H,18,21). The van der Waals surface area contributed by atoms with Crippen LogP contribution in [0, 0.1) is 0 Å². The van der Waals surface area contributed by atoms with E-state index in [-0.39, 0.29) is 17.8 Å². The molecule has 2 aromatic rings. The molecular formula is C14H14F3N3O2S2. The third-order valence-corrected chi connectivity index (χ3v) is 4.49. The Morgan fingerprint density at radius 2 is 1.96 bits per heavy atom. The summed E-state index contributed by atoms with van der Waals surface area (Å²) in [5.74, 6) is -0.279. The van der Waals surface area contributed by atoms with Crippen molar-refractivity contribution < 1.29 is 22.7 Å². The van der Waals surface area contributed by atoms with Crippen LogP contribution in [0.3, 0.4) is 0 Å². The number of benzene rings is 1. The number of nitrogens with one attached hydrogen (secondary N) is 1. The van der Waals surface area contributed by atoms with Gasteiger partial charge in [-0.3, -0.25) is 4.79 Å². The molecule has 0 aliphatic carbocycles. The molecule has 0 spiro atoms. The fourth-order valence-electron chi connectivity index (χ4n) is 1.57. The van der Waals surface area contributed by atoms with Gasteiger partial charge in [0.15, 0.2) is 4.34 Å². The number of hydrogen-bond acceptors (Lipinski definition) is 6. The van der Waals surface area contributed by atoms with Crippen molar-refractivity contribution in [2.45, 2.75) is 30.5 Å². The molecule has 0 radical (unpaired) electrons. The molecule has 1 heterocycles. The molecule has 0 saturated heterocycles. The third kappa shape index (κ3) is 5.68. The fourth-order valence-corrected chi connectivity index (χ4v) is 3.18. The summed E-state index contributed by atoms with van der Waals surface area (Å²) in [5, 5.41) is 10.7. The first-order chi connectivity index (χ1) is 11.2. The molecule has 24 heavy (non-hydrogen) atoms. The summed E-state index contributed by atoms with van der Waals surface area (Å²) in [6.07, 6.45) is -4.41. The molecule has 5 nitrogen and oxygen atoms in total. The van der Waals surface area contributed by atoms with Gasteiger partial charge in [-0.15, -0.1) is 5.10 Å². The zero-order valence-electron chi connectivity index (χ0n) is 12.8. The zero-order valence-corrected chi connectivity index (χ0v) is 14.4. The Bertz CT molecular complexity index is 687. The number of carbonyl (C=O) groups is 1. The maximum atomic E-state index is 12.5. The van der Waals surface area contributed by atoms with Gasteiger partial charge in [-0.05, 0) is 49.4 Å². The molecule has 0 bridgehead atoms. The summed E-state index contributed by atoms with van der Waals surface area (Å²) in [7, 11) is 0. The summed E-state index contributed by atoms with van der Waals surface area (Å²) in [4.78, 5) is 11.8. The van der Waals surface area contributed by atoms with Crippen LogP contribution in [0.25, 0.3) is 0 Å². The molecule has 0 aliphatic rings. The number of nitrogens with zero attached hydrogens (tertiary/aromatic N) is 2. The molecule has 0 fully saturated rings. The quantitative estimate of drug-likeness (QED) is 0.769. The second-order valence-corrected chi connectivity index (χ2v) is 7.07. The molecule has 10 heteroatoms. The van der Waals surface area contributed by atoms with E-state index in [1.54, 1.807) is 0 Å². The largest absolute Gasteiger partial charge is 0.466 e. The number of halogens is 3. The summed E-state index contributed by atoms with van der Waals surface area (Å²) in [5.41, 5.74) is -0.462. The van der Waals surface area contributed by atoms with E-state index in [4.69, 9.17) is 4.74 Å². The van der Waals surface area contributed by atoms with Crippen LogP contribution in [0.4, 0.5) is 18.9 Å². The van der Waals surface area contributed by atoms with Crippen LogP contribution in [0.5, 0.6) is 5.19 Å². The van der Waals surface area contributed by atoms with Crippen LogP contribution in [-0.2, 0) is 11.0 Å². The van der Waals surface area contributed by atoms with Gasteiger partial charge in [0.25, 0.3) is 5.19 Å². The predicted molar refractivity (Wildman–Crippen MR) is 86.5 cm³/mol. The highest BCUT2D eigenvalue weighted by atomic mass is 32.2. The van der Waals surface area contributed by atoms with Gasteiger partial charge in [0.05, 0.1) is 17.4 Å². The lowest BCUT2D eigenvalue weighted by molar-refractivity contribution is -0.137. The minimum Gasteiger partial charge on any atom is -0.466 e. The van der Waals surface area contributed by atoms with Crippen molar-refractivity contribution in [1.82, 2.24) is 10.2 Å². The molecule has 2 rings (SSSR count). The molecule has 0 atom stereocenters. The Labute approximate surface area is 144 Å². The zero-order chi connectivity index (χ0) is 17.7. The Balaban J connectivity index is 1.84. The lowest BCUT2D eigenvalue weighted by atomic mass is 10.2. The summed E-state index contributed by atoms with van der Waals surface area (Å²) < 4.78 is 43.3. The second-order valence-electron chi connectivity index (χ2n) is 4.91. The van der Waals surface area contributed by atoms with Crippen molar-refractivity contribution in [1.29, 1.82) is 0 Å². The van der Waals surface area contributed by atoms with Gasteiger partial charge in [0.1, 0.15) is 0 Å². The van der Waals surface area contributed by atoms with E-state index >= 15 is 0 Å². The Morgan fingerprint density at radius 3 is 2.54 bits per heavy atom. The lowest BCUT2D eigenvalue weighted by Crippen LogP contribution is -2.14. The Morgan fingerprint density at radius 1 is 1.29 bits per heavy atom. The number of rotatable bonds is 6. The summed E-state index contributed by atoms with van der Waals surface area (Å²) in [6.45, 7) is 3.73. The van der Waals surface area contributed by atoms with E-state index < -0.39 is 11.7 Å². The number of carbonyl (C=O) groups excluding carboxylic acids is 1. The van der Waals surface area contributed by atoms with Crippen molar-refractivity contribution in [3.63, 3.8) is 0 Å². The summed E-state index contributed by atoms with van der Waals surface area (Å²) in [6, 6.07) is 4.27. The number of hydrogen-bond donors (Lipinski definition) is 1. The van der Waals surface area contributed by atoms with Crippen LogP contribution in [0.1, 0.15) is 19.4 Å². The predicted octanol–water partition coefficient (Wildman–Crippen LogP) is 4.07. The first-order valence-corrected chi connectivity index (χ1v) is 8.64. The molecular weight excluding hydrogens is 363 g/mol. The van der Waals surface area contributed by atoms with Crippen molar-refractivity contribution >= 4 is 34.7 Å². The highest BCUT2D eigenvalue weighted by Crippen LogP contribution is 2.30. The van der Waals surface area contributed by atoms with Crippen LogP contribution in [0.2, 0.25) is 0 Å². The average Bonchev–Trinajstić information content (AvgIpc) is 2.91. The van der Waals surface area contributed by atoms with E-state index in [0.717, 1.165) is 12.1 Å². The van der Waals surface area contributed by atoms with E-state index in [1.807, 2.05) is 13.8 Å². The average molecular weight is 377 g/mol. The first-order valence-electron chi connectivity index (χ1n) is 6.84. The van der Waals surface area contributed by atoms with Crippen LogP contribution >= 0.6 is 23.1 Å². The molecule has 1 N–H and O–H groups in total. The van der Waals surface area contributed by atoms with Gasteiger partial charge >= 0.3 is 6.18 Å². The minimum absolute atomic E-state index is 0.0150. The van der Waals surface area contributed by atoms with Crippen molar-refractivity contribution in [3.05, 3.63) is 29.8 Å². The van der Waals surface area contributed by atoms with Gasteiger partial charge in [-0.25, -0.2) is 0 Å². The van der Waals surface area contributed by atoms with Crippen LogP contribution in [0.15, 0.2) is 28.6 Å². The van der Waals surface area contributed by atoms with Crippen LogP contribution < -0.4 is 10.1 Å². The van der Waals surface area contributed by atoms with Crippen LogP contribution in [-0.4, -0.2) is 28.0 Å². The first kappa shape index (κ1) is 18.5.